The Morgan fingerprint density at radius 1 is 1.42 bits per heavy atom. The summed E-state index contributed by atoms with van der Waals surface area (Å²) in [5.74, 6) is 0. The Labute approximate surface area is 73.5 Å². The lowest BCUT2D eigenvalue weighted by Gasteiger charge is -2.03. The Morgan fingerprint density at radius 2 is 2.08 bits per heavy atom. The van der Waals surface area contributed by atoms with Gasteiger partial charge in [-0.25, -0.2) is 0 Å². The van der Waals surface area contributed by atoms with Crippen LogP contribution in [0, 0.1) is 6.92 Å². The fraction of sp³-hybridized carbons (Fsp3) is 0.182. The molecule has 1 nitrogen and oxygen atoms in total. The van der Waals surface area contributed by atoms with E-state index in [2.05, 4.69) is 24.4 Å². The molecule has 0 saturated heterocycles. The maximum atomic E-state index is 3.89. The first-order valence-electron chi connectivity index (χ1n) is 3.88. The number of nitrogens with zero attached hydrogens (tertiary/aromatic N) is 1. The average molecular weight is 159 g/mol. The summed E-state index contributed by atoms with van der Waals surface area (Å²) in [6.45, 7) is 11.4. The molecule has 0 radical (unpaired) electrons. The van der Waals surface area contributed by atoms with Gasteiger partial charge in [-0.05, 0) is 43.8 Å². The summed E-state index contributed by atoms with van der Waals surface area (Å²) >= 11 is 0. The largest absolute Gasteiger partial charge is 0.264 e. The van der Waals surface area contributed by atoms with Gasteiger partial charge in [-0.2, -0.15) is 0 Å². The zero-order valence-electron chi connectivity index (χ0n) is 7.59. The minimum atomic E-state index is 0.944. The first kappa shape index (κ1) is 8.72. The molecule has 1 rings (SSSR count). The van der Waals surface area contributed by atoms with Gasteiger partial charge in [0, 0.05) is 0 Å². The second-order valence-corrected chi connectivity index (χ2v) is 2.94. The van der Waals surface area contributed by atoms with Crippen LogP contribution in [0.15, 0.2) is 29.8 Å². The first-order chi connectivity index (χ1) is 5.65. The maximum Gasteiger partial charge on any atom is 0.0651 e. The number of hydrogen-bond donors (Lipinski definition) is 0. The third-order valence-corrected chi connectivity index (χ3v) is 1.86. The van der Waals surface area contributed by atoms with Crippen molar-refractivity contribution >= 4 is 18.0 Å². The third-order valence-electron chi connectivity index (χ3n) is 1.86. The lowest BCUT2D eigenvalue weighted by molar-refractivity contribution is 1.39. The SMILES string of the molecule is C=Nc1ccc(C(=C)C)cc1C. The van der Waals surface area contributed by atoms with Gasteiger partial charge in [0.25, 0.3) is 0 Å². The molecule has 1 heteroatoms. The van der Waals surface area contributed by atoms with Crippen molar-refractivity contribution in [3.8, 4) is 0 Å². The van der Waals surface area contributed by atoms with Crippen LogP contribution in [0.3, 0.4) is 0 Å². The van der Waals surface area contributed by atoms with Gasteiger partial charge in [0.15, 0.2) is 0 Å². The fourth-order valence-electron chi connectivity index (χ4n) is 1.10. The van der Waals surface area contributed by atoms with Crippen molar-refractivity contribution in [3.63, 3.8) is 0 Å². The summed E-state index contributed by atoms with van der Waals surface area (Å²) in [6.07, 6.45) is 0. The molecule has 1 aromatic carbocycles. The molecule has 12 heavy (non-hydrogen) atoms. The van der Waals surface area contributed by atoms with Gasteiger partial charge < -0.3 is 0 Å². The molecule has 0 aliphatic carbocycles. The van der Waals surface area contributed by atoms with Crippen molar-refractivity contribution in [3.05, 3.63) is 35.9 Å². The zero-order valence-corrected chi connectivity index (χ0v) is 7.59. The quantitative estimate of drug-likeness (QED) is 0.587. The molecule has 0 saturated carbocycles. The molecular formula is C11H13N. The van der Waals surface area contributed by atoms with E-state index < -0.39 is 0 Å². The van der Waals surface area contributed by atoms with Crippen LogP contribution in [0.25, 0.3) is 5.57 Å². The number of benzene rings is 1. The number of allylic oxidation sites excluding steroid dienone is 1. The van der Waals surface area contributed by atoms with Crippen molar-refractivity contribution in [2.45, 2.75) is 13.8 Å². The van der Waals surface area contributed by atoms with Crippen molar-refractivity contribution in [1.29, 1.82) is 0 Å². The number of aliphatic imine (C=N–C) groups is 1. The molecule has 1 aromatic rings. The summed E-state index contributed by atoms with van der Waals surface area (Å²) in [4.78, 5) is 3.89. The number of rotatable bonds is 2. The van der Waals surface area contributed by atoms with Gasteiger partial charge in [0.1, 0.15) is 0 Å². The van der Waals surface area contributed by atoms with Crippen LogP contribution in [-0.4, -0.2) is 6.72 Å². The highest BCUT2D eigenvalue weighted by molar-refractivity contribution is 5.65. The first-order valence-corrected chi connectivity index (χ1v) is 3.88. The van der Waals surface area contributed by atoms with Crippen LogP contribution >= 0.6 is 0 Å². The Kier molecular flexibility index (Phi) is 2.44. The molecule has 0 bridgehead atoms. The van der Waals surface area contributed by atoms with Crippen LogP contribution in [0.4, 0.5) is 5.69 Å². The van der Waals surface area contributed by atoms with Gasteiger partial charge in [-0.3, -0.25) is 4.99 Å². The molecule has 0 fully saturated rings. The van der Waals surface area contributed by atoms with E-state index in [0.29, 0.717) is 0 Å². The molecule has 0 N–H and O–H groups in total. The van der Waals surface area contributed by atoms with E-state index in [1.54, 1.807) is 0 Å². The minimum absolute atomic E-state index is 0.944. The molecule has 62 valence electrons. The molecular weight excluding hydrogens is 146 g/mol. The third kappa shape index (κ3) is 1.62. The lowest BCUT2D eigenvalue weighted by Crippen LogP contribution is -1.80. The molecule has 0 aliphatic rings. The van der Waals surface area contributed by atoms with E-state index in [4.69, 9.17) is 0 Å². The van der Waals surface area contributed by atoms with Crippen LogP contribution in [-0.2, 0) is 0 Å². The maximum absolute atomic E-state index is 3.89. The summed E-state index contributed by atoms with van der Waals surface area (Å²) in [5, 5.41) is 0. The van der Waals surface area contributed by atoms with E-state index in [1.807, 2.05) is 26.0 Å². The van der Waals surface area contributed by atoms with Gasteiger partial charge in [-0.1, -0.05) is 18.2 Å². The van der Waals surface area contributed by atoms with Gasteiger partial charge in [-0.15, -0.1) is 0 Å². The standard InChI is InChI=1S/C11H13N/c1-8(2)10-5-6-11(12-4)9(3)7-10/h5-7H,1,4H2,2-3H3. The molecule has 0 atom stereocenters. The Balaban J connectivity index is 3.18. The Morgan fingerprint density at radius 3 is 2.50 bits per heavy atom. The van der Waals surface area contributed by atoms with E-state index >= 15 is 0 Å². The number of aryl methyl sites for hydroxylation is 1. The molecule has 0 spiro atoms. The lowest BCUT2D eigenvalue weighted by atomic mass is 10.1. The molecule has 0 aromatic heterocycles. The highest BCUT2D eigenvalue weighted by Gasteiger charge is 1.97. The van der Waals surface area contributed by atoms with Crippen LogP contribution in [0.5, 0.6) is 0 Å². The molecule has 0 aliphatic heterocycles. The van der Waals surface area contributed by atoms with E-state index in [1.165, 1.54) is 5.56 Å². The van der Waals surface area contributed by atoms with Crippen molar-refractivity contribution in [2.24, 2.45) is 4.99 Å². The van der Waals surface area contributed by atoms with Gasteiger partial charge in [0.2, 0.25) is 0 Å². The summed E-state index contributed by atoms with van der Waals surface area (Å²) in [6, 6.07) is 6.05. The second kappa shape index (κ2) is 3.35. The predicted octanol–water partition coefficient (Wildman–Crippen LogP) is 3.36. The zero-order chi connectivity index (χ0) is 9.14. The van der Waals surface area contributed by atoms with E-state index in [0.717, 1.165) is 16.8 Å². The highest BCUT2D eigenvalue weighted by Crippen LogP contribution is 2.21. The molecule has 0 heterocycles. The highest BCUT2D eigenvalue weighted by atomic mass is 14.7. The van der Waals surface area contributed by atoms with E-state index in [-0.39, 0.29) is 0 Å². The van der Waals surface area contributed by atoms with Crippen molar-refractivity contribution in [2.75, 3.05) is 0 Å². The van der Waals surface area contributed by atoms with Crippen LogP contribution < -0.4 is 0 Å². The van der Waals surface area contributed by atoms with Gasteiger partial charge >= 0.3 is 0 Å². The Bertz CT molecular complexity index is 324. The molecule has 0 unspecified atom stereocenters. The smallest absolute Gasteiger partial charge is 0.0651 e. The second-order valence-electron chi connectivity index (χ2n) is 2.94. The van der Waals surface area contributed by atoms with Crippen molar-refractivity contribution < 1.29 is 0 Å². The monoisotopic (exact) mass is 159 g/mol. The fourth-order valence-corrected chi connectivity index (χ4v) is 1.10. The minimum Gasteiger partial charge on any atom is -0.264 e. The Hall–Kier alpha value is -1.37. The normalized spacial score (nSPS) is 9.50. The summed E-state index contributed by atoms with van der Waals surface area (Å²) in [5.41, 5.74) is 4.33. The topological polar surface area (TPSA) is 12.4 Å². The van der Waals surface area contributed by atoms with Crippen molar-refractivity contribution in [1.82, 2.24) is 0 Å². The van der Waals surface area contributed by atoms with Gasteiger partial charge in [0.05, 0.1) is 5.69 Å². The molecule has 0 amide bonds. The number of hydrogen-bond acceptors (Lipinski definition) is 1. The van der Waals surface area contributed by atoms with Crippen LogP contribution in [0.1, 0.15) is 18.1 Å². The van der Waals surface area contributed by atoms with Crippen LogP contribution in [0.2, 0.25) is 0 Å². The average Bonchev–Trinajstić information content (AvgIpc) is 2.04. The summed E-state index contributed by atoms with van der Waals surface area (Å²) in [7, 11) is 0. The predicted molar refractivity (Wildman–Crippen MR) is 55.1 cm³/mol. The van der Waals surface area contributed by atoms with E-state index in [9.17, 15) is 0 Å². The summed E-state index contributed by atoms with van der Waals surface area (Å²) < 4.78 is 0.